The van der Waals surface area contributed by atoms with E-state index in [0.717, 1.165) is 11.1 Å². The van der Waals surface area contributed by atoms with Gasteiger partial charge in [-0.05, 0) is 63.1 Å². The summed E-state index contributed by atoms with van der Waals surface area (Å²) in [4.78, 5) is 25.6. The first-order valence-electron chi connectivity index (χ1n) is 12.1. The lowest BCUT2D eigenvalue weighted by molar-refractivity contribution is -0.156. The SMILES string of the molecule is Cc1ccc(S(=O)(=O)Oc2cccc(C(CC(=O)OC(C)(C)C)C(N)C(=O)OCc3ccccc3)c2)cc1. The van der Waals surface area contributed by atoms with E-state index in [1.54, 1.807) is 45.0 Å². The minimum Gasteiger partial charge on any atom is -0.460 e. The van der Waals surface area contributed by atoms with Crippen LogP contribution in [-0.4, -0.2) is 32.0 Å². The van der Waals surface area contributed by atoms with Gasteiger partial charge in [0, 0.05) is 5.92 Å². The Morgan fingerprint density at radius 3 is 2.21 bits per heavy atom. The molecule has 0 radical (unpaired) electrons. The van der Waals surface area contributed by atoms with Crippen molar-refractivity contribution in [3.05, 3.63) is 95.6 Å². The monoisotopic (exact) mass is 539 g/mol. The number of aryl methyl sites for hydroxylation is 1. The highest BCUT2D eigenvalue weighted by molar-refractivity contribution is 7.87. The molecule has 202 valence electrons. The molecule has 2 atom stereocenters. The zero-order valence-electron chi connectivity index (χ0n) is 21.9. The van der Waals surface area contributed by atoms with Gasteiger partial charge in [0.25, 0.3) is 0 Å². The zero-order chi connectivity index (χ0) is 27.9. The molecule has 0 aromatic heterocycles. The summed E-state index contributed by atoms with van der Waals surface area (Å²) in [5.41, 5.74) is 7.69. The summed E-state index contributed by atoms with van der Waals surface area (Å²) in [6, 6.07) is 20.3. The highest BCUT2D eigenvalue weighted by Gasteiger charge is 2.32. The second-order valence-corrected chi connectivity index (χ2v) is 11.5. The minimum atomic E-state index is -4.11. The molecular formula is C29H33NO7S. The lowest BCUT2D eigenvalue weighted by atomic mass is 9.88. The van der Waals surface area contributed by atoms with Gasteiger partial charge in [-0.2, -0.15) is 8.42 Å². The van der Waals surface area contributed by atoms with E-state index in [1.165, 1.54) is 24.3 Å². The minimum absolute atomic E-state index is 0.000000763. The maximum absolute atomic E-state index is 12.9. The van der Waals surface area contributed by atoms with Crippen LogP contribution in [0.25, 0.3) is 0 Å². The van der Waals surface area contributed by atoms with Gasteiger partial charge in [0.2, 0.25) is 0 Å². The van der Waals surface area contributed by atoms with Gasteiger partial charge in [-0.3, -0.25) is 9.59 Å². The second-order valence-electron chi connectivity index (χ2n) is 9.94. The number of ether oxygens (including phenoxy) is 2. The number of rotatable bonds is 10. The Kier molecular flexibility index (Phi) is 9.30. The number of nitrogens with two attached hydrogens (primary N) is 1. The summed E-state index contributed by atoms with van der Waals surface area (Å²) in [6.07, 6.45) is -0.229. The van der Waals surface area contributed by atoms with E-state index in [-0.39, 0.29) is 23.7 Å². The van der Waals surface area contributed by atoms with E-state index in [0.29, 0.717) is 5.56 Å². The quantitative estimate of drug-likeness (QED) is 0.292. The molecular weight excluding hydrogens is 506 g/mol. The zero-order valence-corrected chi connectivity index (χ0v) is 22.7. The van der Waals surface area contributed by atoms with Gasteiger partial charge in [0.05, 0.1) is 6.42 Å². The maximum atomic E-state index is 12.9. The van der Waals surface area contributed by atoms with Crippen LogP contribution in [0, 0.1) is 6.92 Å². The standard InChI is InChI=1S/C29H33NO7S/c1-20-13-15-24(16-14-20)38(33,34)37-23-12-8-11-22(17-23)25(18-26(31)36-29(2,3)4)27(30)28(32)35-19-21-9-6-5-7-10-21/h5-17,25,27H,18-19,30H2,1-4H3. The molecule has 0 amide bonds. The van der Waals surface area contributed by atoms with Gasteiger partial charge in [0.15, 0.2) is 0 Å². The Balaban J connectivity index is 1.85. The maximum Gasteiger partial charge on any atom is 0.339 e. The smallest absolute Gasteiger partial charge is 0.339 e. The Bertz CT molecular complexity index is 1350. The topological polar surface area (TPSA) is 122 Å². The van der Waals surface area contributed by atoms with Crippen LogP contribution < -0.4 is 9.92 Å². The first-order chi connectivity index (χ1) is 17.8. The van der Waals surface area contributed by atoms with Crippen LogP contribution in [0.15, 0.2) is 83.8 Å². The van der Waals surface area contributed by atoms with Gasteiger partial charge in [-0.15, -0.1) is 0 Å². The van der Waals surface area contributed by atoms with Gasteiger partial charge in [-0.25, -0.2) is 0 Å². The molecule has 0 aliphatic carbocycles. The molecule has 0 spiro atoms. The molecule has 8 nitrogen and oxygen atoms in total. The molecule has 0 aliphatic rings. The lowest BCUT2D eigenvalue weighted by Gasteiger charge is -2.25. The fraction of sp³-hybridized carbons (Fsp3) is 0.310. The van der Waals surface area contributed by atoms with E-state index in [9.17, 15) is 18.0 Å². The van der Waals surface area contributed by atoms with E-state index < -0.39 is 39.6 Å². The van der Waals surface area contributed by atoms with Crippen molar-refractivity contribution in [3.63, 3.8) is 0 Å². The third-order valence-electron chi connectivity index (χ3n) is 5.54. The number of hydrogen-bond donors (Lipinski definition) is 1. The highest BCUT2D eigenvalue weighted by atomic mass is 32.2. The number of hydrogen-bond acceptors (Lipinski definition) is 8. The van der Waals surface area contributed by atoms with Crippen LogP contribution in [0.3, 0.4) is 0 Å². The van der Waals surface area contributed by atoms with Gasteiger partial charge < -0.3 is 19.4 Å². The van der Waals surface area contributed by atoms with E-state index in [4.69, 9.17) is 19.4 Å². The van der Waals surface area contributed by atoms with Crippen molar-refractivity contribution in [2.75, 3.05) is 0 Å². The normalized spacial score (nSPS) is 13.3. The van der Waals surface area contributed by atoms with Crippen molar-refractivity contribution in [3.8, 4) is 5.75 Å². The van der Waals surface area contributed by atoms with Crippen LogP contribution in [0.2, 0.25) is 0 Å². The molecule has 3 rings (SSSR count). The van der Waals surface area contributed by atoms with Crippen LogP contribution in [-0.2, 0) is 35.8 Å². The van der Waals surface area contributed by atoms with Crippen LogP contribution in [0.1, 0.15) is 49.8 Å². The molecule has 2 unspecified atom stereocenters. The average Bonchev–Trinajstić information content (AvgIpc) is 2.85. The summed E-state index contributed by atoms with van der Waals surface area (Å²) in [5.74, 6) is -2.12. The molecule has 0 bridgehead atoms. The van der Waals surface area contributed by atoms with Crippen molar-refractivity contribution in [2.45, 2.75) is 63.2 Å². The molecule has 0 aliphatic heterocycles. The highest BCUT2D eigenvalue weighted by Crippen LogP contribution is 2.29. The van der Waals surface area contributed by atoms with Crippen LogP contribution in [0.4, 0.5) is 0 Å². The molecule has 3 aromatic carbocycles. The summed E-state index contributed by atoms with van der Waals surface area (Å²) in [7, 11) is -4.11. The second kappa shape index (κ2) is 12.2. The summed E-state index contributed by atoms with van der Waals surface area (Å²) < 4.78 is 41.8. The Labute approximate surface area is 223 Å². The number of carbonyl (C=O) groups excluding carboxylic acids is 2. The van der Waals surface area contributed by atoms with Crippen LogP contribution >= 0.6 is 0 Å². The van der Waals surface area contributed by atoms with Gasteiger partial charge in [-0.1, -0.05) is 60.2 Å². The summed E-state index contributed by atoms with van der Waals surface area (Å²) in [6.45, 7) is 7.07. The average molecular weight is 540 g/mol. The largest absolute Gasteiger partial charge is 0.460 e. The molecule has 0 fully saturated rings. The van der Waals surface area contributed by atoms with Gasteiger partial charge in [0.1, 0.15) is 28.9 Å². The van der Waals surface area contributed by atoms with Gasteiger partial charge >= 0.3 is 22.1 Å². The fourth-order valence-corrected chi connectivity index (χ4v) is 4.60. The third-order valence-corrected chi connectivity index (χ3v) is 6.80. The molecule has 0 saturated carbocycles. The van der Waals surface area contributed by atoms with Crippen LogP contribution in [0.5, 0.6) is 5.75 Å². The van der Waals surface area contributed by atoms with E-state index >= 15 is 0 Å². The first kappa shape index (κ1) is 28.9. The predicted octanol–water partition coefficient (Wildman–Crippen LogP) is 4.65. The van der Waals surface area contributed by atoms with Crippen molar-refractivity contribution < 1.29 is 31.7 Å². The molecule has 0 heterocycles. The fourth-order valence-electron chi connectivity index (χ4n) is 3.68. The Hall–Kier alpha value is -3.69. The summed E-state index contributed by atoms with van der Waals surface area (Å²) in [5, 5.41) is 0. The molecule has 0 saturated heterocycles. The van der Waals surface area contributed by atoms with Crippen molar-refractivity contribution >= 4 is 22.1 Å². The first-order valence-corrected chi connectivity index (χ1v) is 13.5. The summed E-state index contributed by atoms with van der Waals surface area (Å²) >= 11 is 0. The van der Waals surface area contributed by atoms with E-state index in [2.05, 4.69) is 0 Å². The van der Waals surface area contributed by atoms with Crippen molar-refractivity contribution in [1.82, 2.24) is 0 Å². The Morgan fingerprint density at radius 1 is 0.921 bits per heavy atom. The van der Waals surface area contributed by atoms with E-state index in [1.807, 2.05) is 37.3 Å². The Morgan fingerprint density at radius 2 is 1.58 bits per heavy atom. The number of esters is 2. The predicted molar refractivity (Wildman–Crippen MR) is 143 cm³/mol. The molecule has 9 heteroatoms. The van der Waals surface area contributed by atoms with Crippen molar-refractivity contribution in [2.24, 2.45) is 5.73 Å². The molecule has 38 heavy (non-hydrogen) atoms. The van der Waals surface area contributed by atoms with Crippen molar-refractivity contribution in [1.29, 1.82) is 0 Å². The number of carbonyl (C=O) groups is 2. The molecule has 3 aromatic rings. The number of benzene rings is 3. The lowest BCUT2D eigenvalue weighted by Crippen LogP contribution is -2.40. The molecule has 2 N–H and O–H groups in total. The third kappa shape index (κ3) is 8.43.